The number of carbonyl (C=O) groups excluding carboxylic acids is 2. The first-order chi connectivity index (χ1) is 25.7. The van der Waals surface area contributed by atoms with Gasteiger partial charge in [0.05, 0.1) is 0 Å². The van der Waals surface area contributed by atoms with E-state index in [1.165, 1.54) is 21.9 Å². The summed E-state index contributed by atoms with van der Waals surface area (Å²) in [6, 6.07) is 8.77. The van der Waals surface area contributed by atoms with Crippen molar-refractivity contribution in [2.45, 2.75) is 134 Å². The van der Waals surface area contributed by atoms with E-state index in [9.17, 15) is 27.2 Å². The smallest absolute Gasteiger partial charge is 0.363 e. The van der Waals surface area contributed by atoms with Gasteiger partial charge in [-0.25, -0.2) is 41.9 Å². The molecule has 0 aromatic heterocycles. The van der Waals surface area contributed by atoms with Crippen LogP contribution in [0.25, 0.3) is 0 Å². The molecule has 2 rings (SSSR count). The van der Waals surface area contributed by atoms with Crippen molar-refractivity contribution < 1.29 is 48.9 Å². The maximum atomic E-state index is 13.8. The van der Waals surface area contributed by atoms with E-state index in [-0.39, 0.29) is 44.9 Å². The average molecular weight is 863 g/mol. The summed E-state index contributed by atoms with van der Waals surface area (Å²) in [5.74, 6) is -3.54. The number of hydrogen-bond acceptors (Lipinski definition) is 2. The van der Waals surface area contributed by atoms with Gasteiger partial charge in [0.2, 0.25) is 11.8 Å². The van der Waals surface area contributed by atoms with Crippen molar-refractivity contribution in [2.75, 3.05) is 22.9 Å². The number of nitrogens with zero attached hydrogens (tertiary/aromatic N) is 2. The molecule has 0 saturated heterocycles. The van der Waals surface area contributed by atoms with Gasteiger partial charge in [-0.1, -0.05) is 121 Å². The number of benzene rings is 2. The zero-order valence-electron chi connectivity index (χ0n) is 37.7. The van der Waals surface area contributed by atoms with Gasteiger partial charge >= 0.3 is 21.7 Å². The Labute approximate surface area is 361 Å². The second-order valence-corrected chi connectivity index (χ2v) is 26.9. The molecule has 0 aliphatic heterocycles. The molecule has 2 aromatic rings. The molecule has 0 unspecified atom stereocenters. The number of halogens is 4. The molecular weight excluding hydrogens is 793 g/mol. The zero-order chi connectivity index (χ0) is 43.9. The van der Waals surface area contributed by atoms with Gasteiger partial charge in [-0.15, -0.1) is 36.4 Å². The minimum atomic E-state index is -1.05. The van der Waals surface area contributed by atoms with E-state index in [1.807, 2.05) is 76.3 Å². The molecule has 0 heterocycles. The second kappa shape index (κ2) is 28.6. The number of allylic oxidation sites excluding steroid dienone is 6. The summed E-state index contributed by atoms with van der Waals surface area (Å²) in [4.78, 5) is 27.5. The van der Waals surface area contributed by atoms with E-state index < -0.39 is 50.2 Å². The van der Waals surface area contributed by atoms with Crippen LogP contribution in [0.3, 0.4) is 0 Å². The van der Waals surface area contributed by atoms with Gasteiger partial charge in [-0.05, 0) is 40.4 Å². The summed E-state index contributed by atoms with van der Waals surface area (Å²) < 4.78 is 53.4. The van der Waals surface area contributed by atoms with Crippen LogP contribution in [-0.4, -0.2) is 41.1 Å². The Kier molecular flexibility index (Phi) is 29.4. The Morgan fingerprint density at radius 3 is 1.14 bits per heavy atom. The van der Waals surface area contributed by atoms with Crippen LogP contribution in [0.15, 0.2) is 60.7 Å². The van der Waals surface area contributed by atoms with Gasteiger partial charge in [0.1, 0.15) is 0 Å². The van der Waals surface area contributed by atoms with Crippen molar-refractivity contribution >= 4 is 39.3 Å². The molecule has 0 N–H and O–H groups in total. The van der Waals surface area contributed by atoms with E-state index in [4.69, 9.17) is 0 Å². The first-order valence-electron chi connectivity index (χ1n) is 19.5. The monoisotopic (exact) mass is 862 g/mol. The Morgan fingerprint density at radius 1 is 0.632 bits per heavy atom. The number of carbonyl (C=O) groups is 2. The van der Waals surface area contributed by atoms with Crippen molar-refractivity contribution in [3.8, 4) is 0 Å². The van der Waals surface area contributed by atoms with Crippen molar-refractivity contribution in [1.82, 2.24) is 0 Å². The van der Waals surface area contributed by atoms with Crippen LogP contribution in [0.4, 0.5) is 28.9 Å². The van der Waals surface area contributed by atoms with Crippen LogP contribution in [0.1, 0.15) is 94.9 Å². The van der Waals surface area contributed by atoms with E-state index in [1.54, 1.807) is 41.5 Å². The minimum absolute atomic E-state index is 0. The molecule has 0 spiro atoms. The van der Waals surface area contributed by atoms with Crippen LogP contribution < -0.4 is 9.80 Å². The van der Waals surface area contributed by atoms with Crippen LogP contribution in [0, 0.1) is 57.6 Å². The summed E-state index contributed by atoms with van der Waals surface area (Å²) in [6.07, 6.45) is 15.4. The molecule has 0 bridgehead atoms. The summed E-state index contributed by atoms with van der Waals surface area (Å²) >= 11 is 0. The molecule has 0 atom stereocenters. The van der Waals surface area contributed by atoms with Crippen LogP contribution in [0.5, 0.6) is 0 Å². The van der Waals surface area contributed by atoms with Gasteiger partial charge in [0.15, 0.2) is 0 Å². The normalized spacial score (nSPS) is 12.0. The predicted octanol–water partition coefficient (Wildman–Crippen LogP) is 13.5. The molecule has 57 heavy (non-hydrogen) atoms. The van der Waals surface area contributed by atoms with Gasteiger partial charge in [0, 0.05) is 47.2 Å². The fourth-order valence-electron chi connectivity index (χ4n) is 4.18. The predicted molar refractivity (Wildman–Crippen MR) is 236 cm³/mol. The Hall–Kier alpha value is -2.79. The number of rotatable bonds is 12. The molecule has 0 aliphatic rings. The molecule has 0 fully saturated rings. The fourth-order valence-corrected chi connectivity index (χ4v) is 5.37. The van der Waals surface area contributed by atoms with E-state index in [0.29, 0.717) is 13.1 Å². The molecular formula is C46H70F4N2O2Si2Ti. The topological polar surface area (TPSA) is 40.6 Å². The summed E-state index contributed by atoms with van der Waals surface area (Å²) in [5, 5.41) is 0. The third kappa shape index (κ3) is 27.5. The molecule has 11 heteroatoms. The molecule has 4 nitrogen and oxygen atoms in total. The first kappa shape index (κ1) is 58.5. The second-order valence-electron chi connectivity index (χ2n) is 17.3. The third-order valence-electron chi connectivity index (χ3n) is 7.12. The quantitative estimate of drug-likeness (QED) is 0.0923. The molecule has 0 radical (unpaired) electrons. The van der Waals surface area contributed by atoms with Gasteiger partial charge < -0.3 is 9.80 Å². The molecule has 316 valence electrons. The van der Waals surface area contributed by atoms with E-state index in [0.717, 1.165) is 37.8 Å². The molecule has 2 aromatic carbocycles. The number of anilines is 2. The molecule has 0 saturated carbocycles. The third-order valence-corrected chi connectivity index (χ3v) is 9.18. The largest absolute Gasteiger partial charge is 4.00 e. The SMILES string of the molecule is CC=CC=[C-][Si](C)(C)C.CC=CC=[C-][Si](C)(C)C.CCCCN(C(=O)C(C)(C)C)c1ccc(F)[c-]c1F.CCCCN(C(=O)C(C)(C)C)c1ccc(F)[c-]c1F.[Ti+4]. The van der Waals surface area contributed by atoms with Gasteiger partial charge in [0.25, 0.3) is 0 Å². The molecule has 0 aliphatic carbocycles. The van der Waals surface area contributed by atoms with Crippen LogP contribution >= 0.6 is 0 Å². The zero-order valence-corrected chi connectivity index (χ0v) is 41.3. The Morgan fingerprint density at radius 2 is 0.930 bits per heavy atom. The van der Waals surface area contributed by atoms with Gasteiger partial charge in [-0.3, -0.25) is 21.0 Å². The standard InChI is InChI=1S/2C15H20F2NO.2C8H15Si.Ti/c2*1-5-6-9-18(14(19)15(2,3)4)13-8-7-11(16)10-12(13)17;2*1-5-6-7-8-9(2,3)4;/h2*7-8H,5-6,9H2,1-4H3;2*5-7H,1-4H3;/q4*-1;+4. The van der Waals surface area contributed by atoms with Crippen molar-refractivity contribution in [3.63, 3.8) is 0 Å². The fraction of sp³-hybridized carbons (Fsp3) is 0.522. The van der Waals surface area contributed by atoms with E-state index in [2.05, 4.69) is 50.7 Å². The number of amides is 2. The first-order valence-corrected chi connectivity index (χ1v) is 26.5. The Balaban J connectivity index is -0.000000720. The maximum Gasteiger partial charge on any atom is 4.00 e. The number of unbranched alkanes of at least 4 members (excludes halogenated alkanes) is 2. The Bertz CT molecular complexity index is 1470. The van der Waals surface area contributed by atoms with Crippen molar-refractivity contribution in [1.29, 1.82) is 0 Å². The van der Waals surface area contributed by atoms with E-state index >= 15 is 0 Å². The minimum Gasteiger partial charge on any atom is -0.363 e. The summed E-state index contributed by atoms with van der Waals surface area (Å²) in [7, 11) is -2.10. The molecule has 2 amide bonds. The number of hydrogen-bond donors (Lipinski definition) is 0. The van der Waals surface area contributed by atoms with Gasteiger partial charge in [-0.2, -0.15) is 12.2 Å². The van der Waals surface area contributed by atoms with Crippen LogP contribution in [0.2, 0.25) is 39.3 Å². The van der Waals surface area contributed by atoms with Crippen molar-refractivity contribution in [2.24, 2.45) is 10.8 Å². The average Bonchev–Trinajstić information content (AvgIpc) is 3.05. The summed E-state index contributed by atoms with van der Waals surface area (Å²) in [5.41, 5.74) is 5.65. The maximum absolute atomic E-state index is 13.8. The van der Waals surface area contributed by atoms with Crippen LogP contribution in [-0.2, 0) is 31.3 Å². The summed E-state index contributed by atoms with van der Waals surface area (Å²) in [6.45, 7) is 33.1. The van der Waals surface area contributed by atoms with Crippen molar-refractivity contribution in [3.05, 3.63) is 108 Å².